The van der Waals surface area contributed by atoms with Gasteiger partial charge in [0.1, 0.15) is 11.0 Å². The summed E-state index contributed by atoms with van der Waals surface area (Å²) in [5.41, 5.74) is 1.78. The van der Waals surface area contributed by atoms with Gasteiger partial charge in [0.15, 0.2) is 5.16 Å². The van der Waals surface area contributed by atoms with Crippen molar-refractivity contribution >= 4 is 35.1 Å². The molecule has 0 saturated carbocycles. The van der Waals surface area contributed by atoms with Crippen LogP contribution in [-0.4, -0.2) is 36.5 Å². The number of hydrogen-bond donors (Lipinski definition) is 1. The van der Waals surface area contributed by atoms with E-state index in [0.717, 1.165) is 24.2 Å². The van der Waals surface area contributed by atoms with Gasteiger partial charge in [0, 0.05) is 38.0 Å². The van der Waals surface area contributed by atoms with Crippen LogP contribution in [0.3, 0.4) is 0 Å². The molecule has 1 amide bonds. The van der Waals surface area contributed by atoms with Crippen LogP contribution >= 0.6 is 23.4 Å². The first-order valence-electron chi connectivity index (χ1n) is 8.21. The van der Waals surface area contributed by atoms with Crippen molar-refractivity contribution in [2.24, 2.45) is 0 Å². The molecule has 1 aromatic heterocycles. The van der Waals surface area contributed by atoms with Crippen molar-refractivity contribution in [3.05, 3.63) is 46.6 Å². The number of benzene rings is 1. The second kappa shape index (κ2) is 9.63. The van der Waals surface area contributed by atoms with E-state index in [2.05, 4.69) is 22.2 Å². The summed E-state index contributed by atoms with van der Waals surface area (Å²) in [4.78, 5) is 22.6. The molecule has 0 bridgehead atoms. The Hall–Kier alpha value is -1.79. The zero-order valence-corrected chi connectivity index (χ0v) is 16.3. The number of carbonyl (C=O) groups excluding carboxylic acids is 1. The van der Waals surface area contributed by atoms with Crippen LogP contribution in [0.5, 0.6) is 0 Å². The van der Waals surface area contributed by atoms with Gasteiger partial charge in [-0.3, -0.25) is 4.79 Å². The molecule has 134 valence electrons. The smallest absolute Gasteiger partial charge is 0.251 e. The molecule has 7 heteroatoms. The molecule has 0 unspecified atom stereocenters. The summed E-state index contributed by atoms with van der Waals surface area (Å²) in [7, 11) is 3.83. The summed E-state index contributed by atoms with van der Waals surface area (Å²) in [5, 5.41) is 3.98. The minimum absolute atomic E-state index is 0.0264. The van der Waals surface area contributed by atoms with Crippen molar-refractivity contribution in [2.45, 2.75) is 30.7 Å². The van der Waals surface area contributed by atoms with E-state index in [1.54, 1.807) is 6.07 Å². The predicted octanol–water partition coefficient (Wildman–Crippen LogP) is 4.02. The minimum Gasteiger partial charge on any atom is -0.363 e. The first-order chi connectivity index (χ1) is 12.0. The fraction of sp³-hybridized carbons (Fsp3) is 0.389. The van der Waals surface area contributed by atoms with E-state index in [9.17, 15) is 4.79 Å². The first-order valence-corrected chi connectivity index (χ1v) is 9.57. The van der Waals surface area contributed by atoms with Gasteiger partial charge in [0.25, 0.3) is 5.91 Å². The van der Waals surface area contributed by atoms with Crippen molar-refractivity contribution in [1.29, 1.82) is 0 Å². The van der Waals surface area contributed by atoms with E-state index >= 15 is 0 Å². The largest absolute Gasteiger partial charge is 0.363 e. The summed E-state index contributed by atoms with van der Waals surface area (Å²) in [5.74, 6) is 1.47. The van der Waals surface area contributed by atoms with Crippen LogP contribution in [0.15, 0.2) is 35.5 Å². The number of hydrogen-bond acceptors (Lipinski definition) is 5. The molecule has 0 spiro atoms. The van der Waals surface area contributed by atoms with E-state index < -0.39 is 0 Å². The van der Waals surface area contributed by atoms with E-state index in [4.69, 9.17) is 11.6 Å². The van der Waals surface area contributed by atoms with Gasteiger partial charge in [0.05, 0.1) is 0 Å². The van der Waals surface area contributed by atoms with Crippen LogP contribution in [0.4, 0.5) is 5.82 Å². The molecule has 2 aromatic rings. The second-order valence-corrected chi connectivity index (χ2v) is 7.15. The lowest BCUT2D eigenvalue weighted by Gasteiger charge is -2.12. The molecule has 5 nitrogen and oxygen atoms in total. The van der Waals surface area contributed by atoms with Crippen LogP contribution in [0.25, 0.3) is 0 Å². The Kier molecular flexibility index (Phi) is 7.52. The summed E-state index contributed by atoms with van der Waals surface area (Å²) in [6.45, 7) is 2.82. The average molecular weight is 379 g/mol. The Morgan fingerprint density at radius 3 is 2.60 bits per heavy atom. The number of nitrogens with zero attached hydrogens (tertiary/aromatic N) is 3. The van der Waals surface area contributed by atoms with Gasteiger partial charge in [-0.2, -0.15) is 0 Å². The topological polar surface area (TPSA) is 58.1 Å². The van der Waals surface area contributed by atoms with Gasteiger partial charge in [-0.25, -0.2) is 9.97 Å². The molecule has 0 aliphatic rings. The van der Waals surface area contributed by atoms with Gasteiger partial charge >= 0.3 is 0 Å². The standard InChI is InChI=1S/C18H23ClN4OS/c1-4-5-10-20-17(24)14-8-6-13(7-9-14)12-25-18-21-15(19)11-16(22-18)23(2)3/h6-9,11H,4-5,10,12H2,1-3H3,(H,20,24). The lowest BCUT2D eigenvalue weighted by molar-refractivity contribution is 0.0953. The van der Waals surface area contributed by atoms with E-state index in [1.807, 2.05) is 43.3 Å². The highest BCUT2D eigenvalue weighted by Gasteiger charge is 2.08. The van der Waals surface area contributed by atoms with E-state index in [1.165, 1.54) is 11.8 Å². The van der Waals surface area contributed by atoms with Crippen LogP contribution in [-0.2, 0) is 5.75 Å². The zero-order valence-electron chi connectivity index (χ0n) is 14.8. The molecule has 0 fully saturated rings. The number of thioether (sulfide) groups is 1. The highest BCUT2D eigenvalue weighted by atomic mass is 35.5. The first kappa shape index (κ1) is 19.5. The Labute approximate surface area is 158 Å². The van der Waals surface area contributed by atoms with Gasteiger partial charge < -0.3 is 10.2 Å². The van der Waals surface area contributed by atoms with E-state index in [-0.39, 0.29) is 5.91 Å². The van der Waals surface area contributed by atoms with Crippen molar-refractivity contribution in [2.75, 3.05) is 25.5 Å². The Morgan fingerprint density at radius 1 is 1.24 bits per heavy atom. The Bertz CT molecular complexity index is 707. The van der Waals surface area contributed by atoms with E-state index in [0.29, 0.717) is 28.2 Å². The molecule has 0 atom stereocenters. The molecular formula is C18H23ClN4OS. The molecule has 0 aliphatic carbocycles. The highest BCUT2D eigenvalue weighted by molar-refractivity contribution is 7.98. The fourth-order valence-electron chi connectivity index (χ4n) is 2.06. The zero-order chi connectivity index (χ0) is 18.2. The van der Waals surface area contributed by atoms with Crippen LogP contribution in [0.2, 0.25) is 5.15 Å². The number of nitrogens with one attached hydrogen (secondary N) is 1. The predicted molar refractivity (Wildman–Crippen MR) is 105 cm³/mol. The number of aromatic nitrogens is 2. The molecule has 0 saturated heterocycles. The number of amides is 1. The molecular weight excluding hydrogens is 356 g/mol. The normalized spacial score (nSPS) is 10.6. The van der Waals surface area contributed by atoms with Crippen molar-refractivity contribution in [1.82, 2.24) is 15.3 Å². The maximum Gasteiger partial charge on any atom is 0.251 e. The third-order valence-corrected chi connectivity index (χ3v) is 4.63. The Balaban J connectivity index is 1.94. The maximum absolute atomic E-state index is 12.0. The van der Waals surface area contributed by atoms with Crippen molar-refractivity contribution < 1.29 is 4.79 Å². The van der Waals surface area contributed by atoms with Crippen LogP contribution in [0.1, 0.15) is 35.7 Å². The summed E-state index contributed by atoms with van der Waals surface area (Å²) < 4.78 is 0. The van der Waals surface area contributed by atoms with Gasteiger partial charge in [-0.05, 0) is 24.1 Å². The number of carbonyl (C=O) groups is 1. The SMILES string of the molecule is CCCCNC(=O)c1ccc(CSc2nc(Cl)cc(N(C)C)n2)cc1. The van der Waals surface area contributed by atoms with Crippen molar-refractivity contribution in [3.63, 3.8) is 0 Å². The van der Waals surface area contributed by atoms with Crippen LogP contribution < -0.4 is 10.2 Å². The van der Waals surface area contributed by atoms with Gasteiger partial charge in [-0.1, -0.05) is 48.8 Å². The number of halogens is 1. The minimum atomic E-state index is -0.0264. The third kappa shape index (κ3) is 6.21. The molecule has 0 radical (unpaired) electrons. The molecule has 1 aromatic carbocycles. The maximum atomic E-state index is 12.0. The summed E-state index contributed by atoms with van der Waals surface area (Å²) in [6, 6.07) is 9.35. The molecule has 1 N–H and O–H groups in total. The average Bonchev–Trinajstić information content (AvgIpc) is 2.60. The summed E-state index contributed by atoms with van der Waals surface area (Å²) >= 11 is 7.56. The number of unbranched alkanes of at least 4 members (excludes halogenated alkanes) is 1. The third-order valence-electron chi connectivity index (χ3n) is 3.52. The lowest BCUT2D eigenvalue weighted by atomic mass is 10.1. The molecule has 25 heavy (non-hydrogen) atoms. The second-order valence-electron chi connectivity index (χ2n) is 5.82. The molecule has 2 rings (SSSR count). The highest BCUT2D eigenvalue weighted by Crippen LogP contribution is 2.24. The Morgan fingerprint density at radius 2 is 1.96 bits per heavy atom. The number of anilines is 1. The van der Waals surface area contributed by atoms with Gasteiger partial charge in [-0.15, -0.1) is 0 Å². The molecule has 0 aliphatic heterocycles. The quantitative estimate of drug-likeness (QED) is 0.325. The fourth-order valence-corrected chi connectivity index (χ4v) is 3.10. The number of rotatable bonds is 8. The van der Waals surface area contributed by atoms with Gasteiger partial charge in [0.2, 0.25) is 0 Å². The lowest BCUT2D eigenvalue weighted by Crippen LogP contribution is -2.24. The van der Waals surface area contributed by atoms with Crippen LogP contribution in [0, 0.1) is 0 Å². The van der Waals surface area contributed by atoms with Crippen molar-refractivity contribution in [3.8, 4) is 0 Å². The molecule has 1 heterocycles. The summed E-state index contributed by atoms with van der Waals surface area (Å²) in [6.07, 6.45) is 2.06. The monoisotopic (exact) mass is 378 g/mol.